The predicted octanol–water partition coefficient (Wildman–Crippen LogP) is 1.47. The van der Waals surface area contributed by atoms with Crippen LogP contribution in [0.3, 0.4) is 0 Å². The largest absolute Gasteiger partial charge is 0.486 e. The molecule has 0 saturated heterocycles. The molecule has 2 rings (SSSR count). The Bertz CT molecular complexity index is 384. The molecule has 0 amide bonds. The van der Waals surface area contributed by atoms with Gasteiger partial charge < -0.3 is 9.47 Å². The summed E-state index contributed by atoms with van der Waals surface area (Å²) in [6, 6.07) is 4.41. The first kappa shape index (κ1) is 7.87. The lowest BCUT2D eigenvalue weighted by molar-refractivity contribution is 0.170. The van der Waals surface area contributed by atoms with Gasteiger partial charge in [-0.25, -0.2) is 4.39 Å². The second-order valence-electron chi connectivity index (χ2n) is 2.56. The number of ether oxygens (including phenoxy) is 2. The molecule has 1 aliphatic rings. The molecule has 3 nitrogen and oxygen atoms in total. The summed E-state index contributed by atoms with van der Waals surface area (Å²) in [7, 11) is 0. The Hall–Kier alpha value is -1.76. The molecule has 1 aromatic carbocycles. The molecule has 0 unspecified atom stereocenters. The van der Waals surface area contributed by atoms with Crippen molar-refractivity contribution in [3.05, 3.63) is 23.5 Å². The zero-order valence-electron chi connectivity index (χ0n) is 6.71. The van der Waals surface area contributed by atoms with Crippen LogP contribution >= 0.6 is 0 Å². The standard InChI is InChI=1S/C9H6FNO2/c10-7-1-2-8-9(6(7)5-11)13-4-3-12-8/h1-2H,3-4H2. The van der Waals surface area contributed by atoms with Crippen LogP contribution in [0.2, 0.25) is 0 Å². The number of benzene rings is 1. The van der Waals surface area contributed by atoms with Crippen molar-refractivity contribution in [2.24, 2.45) is 0 Å². The third kappa shape index (κ3) is 1.18. The number of rotatable bonds is 0. The van der Waals surface area contributed by atoms with Crippen molar-refractivity contribution in [3.63, 3.8) is 0 Å². The molecule has 0 aromatic heterocycles. The van der Waals surface area contributed by atoms with Crippen molar-refractivity contribution in [3.8, 4) is 17.6 Å². The van der Waals surface area contributed by atoms with E-state index in [2.05, 4.69) is 0 Å². The molecule has 0 spiro atoms. The van der Waals surface area contributed by atoms with Crippen LogP contribution in [0.15, 0.2) is 12.1 Å². The Labute approximate surface area is 74.3 Å². The normalized spacial score (nSPS) is 13.5. The topological polar surface area (TPSA) is 42.2 Å². The highest BCUT2D eigenvalue weighted by molar-refractivity contribution is 5.53. The molecule has 0 fully saturated rings. The highest BCUT2D eigenvalue weighted by Gasteiger charge is 2.18. The van der Waals surface area contributed by atoms with Gasteiger partial charge in [-0.3, -0.25) is 0 Å². The Morgan fingerprint density at radius 1 is 1.31 bits per heavy atom. The van der Waals surface area contributed by atoms with Gasteiger partial charge in [0.25, 0.3) is 0 Å². The highest BCUT2D eigenvalue weighted by atomic mass is 19.1. The number of hydrogen-bond donors (Lipinski definition) is 0. The number of halogens is 1. The van der Waals surface area contributed by atoms with Gasteiger partial charge in [0.05, 0.1) is 0 Å². The smallest absolute Gasteiger partial charge is 0.182 e. The van der Waals surface area contributed by atoms with Crippen molar-refractivity contribution in [1.29, 1.82) is 5.26 Å². The Balaban J connectivity index is 2.60. The van der Waals surface area contributed by atoms with E-state index >= 15 is 0 Å². The molecule has 0 bridgehead atoms. The van der Waals surface area contributed by atoms with Crippen LogP contribution in [-0.4, -0.2) is 13.2 Å². The van der Waals surface area contributed by atoms with Crippen LogP contribution in [0.1, 0.15) is 5.56 Å². The van der Waals surface area contributed by atoms with Crippen LogP contribution in [0.5, 0.6) is 11.5 Å². The summed E-state index contributed by atoms with van der Waals surface area (Å²) < 4.78 is 23.3. The monoisotopic (exact) mass is 179 g/mol. The molecule has 0 atom stereocenters. The fourth-order valence-corrected chi connectivity index (χ4v) is 1.20. The highest BCUT2D eigenvalue weighted by Crippen LogP contribution is 2.34. The molecular weight excluding hydrogens is 173 g/mol. The van der Waals surface area contributed by atoms with E-state index in [4.69, 9.17) is 14.7 Å². The van der Waals surface area contributed by atoms with Crippen molar-refractivity contribution < 1.29 is 13.9 Å². The first-order valence-electron chi connectivity index (χ1n) is 3.81. The van der Waals surface area contributed by atoms with Crippen LogP contribution in [0.4, 0.5) is 4.39 Å². The predicted molar refractivity (Wildman–Crippen MR) is 42.1 cm³/mol. The second kappa shape index (κ2) is 2.94. The van der Waals surface area contributed by atoms with Crippen LogP contribution in [0.25, 0.3) is 0 Å². The van der Waals surface area contributed by atoms with E-state index in [1.807, 2.05) is 0 Å². The number of hydrogen-bond acceptors (Lipinski definition) is 3. The lowest BCUT2D eigenvalue weighted by atomic mass is 10.2. The summed E-state index contributed by atoms with van der Waals surface area (Å²) in [5.41, 5.74) is -0.0859. The summed E-state index contributed by atoms with van der Waals surface area (Å²) >= 11 is 0. The third-order valence-corrected chi connectivity index (χ3v) is 1.77. The van der Waals surface area contributed by atoms with E-state index in [0.29, 0.717) is 19.0 Å². The van der Waals surface area contributed by atoms with Gasteiger partial charge in [0.1, 0.15) is 30.7 Å². The summed E-state index contributed by atoms with van der Waals surface area (Å²) in [5.74, 6) is 0.0738. The summed E-state index contributed by atoms with van der Waals surface area (Å²) in [6.07, 6.45) is 0. The van der Waals surface area contributed by atoms with Crippen LogP contribution in [-0.2, 0) is 0 Å². The van der Waals surface area contributed by atoms with Crippen molar-refractivity contribution in [1.82, 2.24) is 0 Å². The summed E-state index contributed by atoms with van der Waals surface area (Å²) in [4.78, 5) is 0. The van der Waals surface area contributed by atoms with Crippen molar-refractivity contribution in [2.45, 2.75) is 0 Å². The van der Waals surface area contributed by atoms with E-state index < -0.39 is 5.82 Å². The van der Waals surface area contributed by atoms with Gasteiger partial charge in [-0.1, -0.05) is 0 Å². The number of fused-ring (bicyclic) bond motifs is 1. The van der Waals surface area contributed by atoms with E-state index in [9.17, 15) is 4.39 Å². The van der Waals surface area contributed by atoms with Crippen LogP contribution < -0.4 is 9.47 Å². The molecule has 0 saturated carbocycles. The first-order chi connectivity index (χ1) is 6.33. The lowest BCUT2D eigenvalue weighted by Crippen LogP contribution is -2.16. The maximum Gasteiger partial charge on any atom is 0.182 e. The van der Waals surface area contributed by atoms with Gasteiger partial charge in [0.2, 0.25) is 0 Å². The molecule has 1 aromatic rings. The average Bonchev–Trinajstić information content (AvgIpc) is 2.18. The van der Waals surface area contributed by atoms with Gasteiger partial charge in [-0.15, -0.1) is 0 Å². The van der Waals surface area contributed by atoms with E-state index in [-0.39, 0.29) is 11.3 Å². The minimum atomic E-state index is -0.577. The Morgan fingerprint density at radius 2 is 2.08 bits per heavy atom. The minimum Gasteiger partial charge on any atom is -0.486 e. The zero-order chi connectivity index (χ0) is 9.26. The van der Waals surface area contributed by atoms with Crippen molar-refractivity contribution in [2.75, 3.05) is 13.2 Å². The fraction of sp³-hybridized carbons (Fsp3) is 0.222. The van der Waals surface area contributed by atoms with Gasteiger partial charge in [0, 0.05) is 0 Å². The molecule has 4 heteroatoms. The first-order valence-corrected chi connectivity index (χ1v) is 3.81. The zero-order valence-corrected chi connectivity index (χ0v) is 6.71. The molecular formula is C9H6FNO2. The maximum atomic E-state index is 13.0. The molecule has 13 heavy (non-hydrogen) atoms. The minimum absolute atomic E-state index is 0.0859. The Morgan fingerprint density at radius 3 is 2.85 bits per heavy atom. The quantitative estimate of drug-likeness (QED) is 0.605. The van der Waals surface area contributed by atoms with E-state index in [1.54, 1.807) is 6.07 Å². The second-order valence-corrected chi connectivity index (χ2v) is 2.56. The molecule has 1 aliphatic heterocycles. The molecule has 0 N–H and O–H groups in total. The number of nitriles is 1. The fourth-order valence-electron chi connectivity index (χ4n) is 1.20. The number of nitrogens with zero attached hydrogens (tertiary/aromatic N) is 1. The molecule has 66 valence electrons. The summed E-state index contributed by atoms with van der Waals surface area (Å²) in [6.45, 7) is 0.786. The van der Waals surface area contributed by atoms with E-state index in [0.717, 1.165) is 0 Å². The van der Waals surface area contributed by atoms with Gasteiger partial charge >= 0.3 is 0 Å². The summed E-state index contributed by atoms with van der Waals surface area (Å²) in [5, 5.41) is 8.65. The van der Waals surface area contributed by atoms with E-state index in [1.165, 1.54) is 12.1 Å². The maximum absolute atomic E-state index is 13.0. The Kier molecular flexibility index (Phi) is 1.78. The molecule has 0 radical (unpaired) electrons. The van der Waals surface area contributed by atoms with Gasteiger partial charge in [-0.05, 0) is 12.1 Å². The molecule has 1 heterocycles. The average molecular weight is 179 g/mol. The molecule has 0 aliphatic carbocycles. The lowest BCUT2D eigenvalue weighted by Gasteiger charge is -2.18. The van der Waals surface area contributed by atoms with Crippen LogP contribution in [0, 0.1) is 17.1 Å². The van der Waals surface area contributed by atoms with Crippen molar-refractivity contribution >= 4 is 0 Å². The third-order valence-electron chi connectivity index (χ3n) is 1.77. The van der Waals surface area contributed by atoms with Gasteiger partial charge in [-0.2, -0.15) is 5.26 Å². The SMILES string of the molecule is N#Cc1c(F)ccc2c1OCCO2. The van der Waals surface area contributed by atoms with Gasteiger partial charge in [0.15, 0.2) is 11.5 Å².